The number of hydrogen-bond acceptors (Lipinski definition) is 1. The number of aromatic nitrogens is 1. The van der Waals surface area contributed by atoms with E-state index in [1.54, 1.807) is 0 Å². The molecule has 2 aromatic carbocycles. The third-order valence-electron chi connectivity index (χ3n) is 3.74. The van der Waals surface area contributed by atoms with Crippen LogP contribution in [0.2, 0.25) is 0 Å². The lowest BCUT2D eigenvalue weighted by molar-refractivity contribution is 0.103. The minimum absolute atomic E-state index is 0.0949. The van der Waals surface area contributed by atoms with Crippen molar-refractivity contribution in [2.24, 2.45) is 0 Å². The largest absolute Gasteiger partial charge is 0.360 e. The Labute approximate surface area is 118 Å². The summed E-state index contributed by atoms with van der Waals surface area (Å²) in [5, 5.41) is 0.983. The predicted molar refractivity (Wildman–Crippen MR) is 82.4 cm³/mol. The summed E-state index contributed by atoms with van der Waals surface area (Å²) in [6.07, 6.45) is 1.81. The van der Waals surface area contributed by atoms with Crippen LogP contribution in [0.3, 0.4) is 0 Å². The minimum atomic E-state index is 0.0949. The molecule has 20 heavy (non-hydrogen) atoms. The normalized spacial score (nSPS) is 10.9. The molecule has 0 amide bonds. The first-order valence-electron chi connectivity index (χ1n) is 6.76. The number of carbonyl (C=O) groups excluding carboxylic acids is 1. The van der Waals surface area contributed by atoms with Crippen LogP contribution in [0.5, 0.6) is 0 Å². The van der Waals surface area contributed by atoms with Crippen LogP contribution in [-0.2, 0) is 0 Å². The van der Waals surface area contributed by atoms with Crippen LogP contribution < -0.4 is 0 Å². The standard InChI is InChI=1S/C18H17NO/c1-11-8-12(2)17(13(3)9-11)18(20)15-10-19-16-7-5-4-6-14(15)16/h4-10,19H,1-3H3. The molecule has 0 fully saturated rings. The van der Waals surface area contributed by atoms with Gasteiger partial charge in [-0.3, -0.25) is 4.79 Å². The van der Waals surface area contributed by atoms with Gasteiger partial charge in [-0.1, -0.05) is 35.9 Å². The first-order valence-corrected chi connectivity index (χ1v) is 6.76. The summed E-state index contributed by atoms with van der Waals surface area (Å²) in [4.78, 5) is 16.0. The van der Waals surface area contributed by atoms with Gasteiger partial charge in [0.1, 0.15) is 0 Å². The summed E-state index contributed by atoms with van der Waals surface area (Å²) < 4.78 is 0. The lowest BCUT2D eigenvalue weighted by Gasteiger charge is -2.09. The number of carbonyl (C=O) groups is 1. The number of aryl methyl sites for hydroxylation is 3. The Bertz CT molecular complexity index is 788. The molecule has 0 saturated heterocycles. The maximum absolute atomic E-state index is 12.9. The highest BCUT2D eigenvalue weighted by atomic mass is 16.1. The highest BCUT2D eigenvalue weighted by molar-refractivity contribution is 6.17. The van der Waals surface area contributed by atoms with Crippen molar-refractivity contribution in [2.75, 3.05) is 0 Å². The van der Waals surface area contributed by atoms with Crippen LogP contribution in [0, 0.1) is 20.8 Å². The number of para-hydroxylation sites is 1. The van der Waals surface area contributed by atoms with Crippen molar-refractivity contribution in [2.45, 2.75) is 20.8 Å². The van der Waals surface area contributed by atoms with Gasteiger partial charge in [-0.15, -0.1) is 0 Å². The highest BCUT2D eigenvalue weighted by Gasteiger charge is 2.18. The van der Waals surface area contributed by atoms with E-state index in [-0.39, 0.29) is 5.78 Å². The summed E-state index contributed by atoms with van der Waals surface area (Å²) in [6, 6.07) is 12.0. The van der Waals surface area contributed by atoms with E-state index in [9.17, 15) is 4.79 Å². The molecule has 0 radical (unpaired) electrons. The lowest BCUT2D eigenvalue weighted by atomic mass is 9.93. The van der Waals surface area contributed by atoms with Crippen LogP contribution >= 0.6 is 0 Å². The Morgan fingerprint density at radius 2 is 1.65 bits per heavy atom. The second kappa shape index (κ2) is 4.64. The number of H-pyrrole nitrogens is 1. The Morgan fingerprint density at radius 3 is 2.35 bits per heavy atom. The molecule has 0 aliphatic carbocycles. The van der Waals surface area contributed by atoms with Gasteiger partial charge in [0.2, 0.25) is 0 Å². The fourth-order valence-corrected chi connectivity index (χ4v) is 2.93. The first-order chi connectivity index (χ1) is 9.58. The molecule has 1 N–H and O–H groups in total. The molecule has 0 atom stereocenters. The summed E-state index contributed by atoms with van der Waals surface area (Å²) in [5.74, 6) is 0.0949. The van der Waals surface area contributed by atoms with E-state index in [0.29, 0.717) is 0 Å². The molecule has 0 spiro atoms. The van der Waals surface area contributed by atoms with Crippen molar-refractivity contribution in [3.8, 4) is 0 Å². The number of hydrogen-bond donors (Lipinski definition) is 1. The molecule has 0 saturated carbocycles. The molecule has 0 aliphatic heterocycles. The van der Waals surface area contributed by atoms with E-state index >= 15 is 0 Å². The van der Waals surface area contributed by atoms with Gasteiger partial charge in [0, 0.05) is 28.2 Å². The molecule has 100 valence electrons. The molecule has 1 heterocycles. The number of fused-ring (bicyclic) bond motifs is 1. The highest BCUT2D eigenvalue weighted by Crippen LogP contribution is 2.25. The van der Waals surface area contributed by atoms with Crippen LogP contribution in [0.25, 0.3) is 10.9 Å². The zero-order valence-electron chi connectivity index (χ0n) is 11.9. The second-order valence-electron chi connectivity index (χ2n) is 5.35. The van der Waals surface area contributed by atoms with Gasteiger partial charge in [-0.2, -0.15) is 0 Å². The van der Waals surface area contributed by atoms with Gasteiger partial charge < -0.3 is 4.98 Å². The van der Waals surface area contributed by atoms with E-state index < -0.39 is 0 Å². The third kappa shape index (κ3) is 1.94. The Hall–Kier alpha value is -2.35. The monoisotopic (exact) mass is 263 g/mol. The fourth-order valence-electron chi connectivity index (χ4n) is 2.93. The smallest absolute Gasteiger partial charge is 0.195 e. The lowest BCUT2D eigenvalue weighted by Crippen LogP contribution is -2.06. The van der Waals surface area contributed by atoms with Crippen molar-refractivity contribution in [3.63, 3.8) is 0 Å². The number of aromatic amines is 1. The Balaban J connectivity index is 2.19. The van der Waals surface area contributed by atoms with Crippen molar-refractivity contribution in [1.29, 1.82) is 0 Å². The molecule has 2 nitrogen and oxygen atoms in total. The van der Waals surface area contributed by atoms with Crippen LogP contribution in [-0.4, -0.2) is 10.8 Å². The third-order valence-corrected chi connectivity index (χ3v) is 3.74. The van der Waals surface area contributed by atoms with Gasteiger partial charge in [0.15, 0.2) is 5.78 Å². The van der Waals surface area contributed by atoms with Crippen molar-refractivity contribution < 1.29 is 4.79 Å². The summed E-state index contributed by atoms with van der Waals surface area (Å²) >= 11 is 0. The van der Waals surface area contributed by atoms with E-state index in [1.807, 2.05) is 44.3 Å². The summed E-state index contributed by atoms with van der Waals surface area (Å²) in [7, 11) is 0. The second-order valence-corrected chi connectivity index (χ2v) is 5.35. The molecule has 2 heteroatoms. The quantitative estimate of drug-likeness (QED) is 0.686. The van der Waals surface area contributed by atoms with Gasteiger partial charge >= 0.3 is 0 Å². The number of ketones is 1. The van der Waals surface area contributed by atoms with E-state index in [0.717, 1.165) is 33.2 Å². The van der Waals surface area contributed by atoms with Crippen LogP contribution in [0.4, 0.5) is 0 Å². The number of nitrogens with one attached hydrogen (secondary N) is 1. The van der Waals surface area contributed by atoms with Gasteiger partial charge in [0.25, 0.3) is 0 Å². The summed E-state index contributed by atoms with van der Waals surface area (Å²) in [5.41, 5.74) is 5.83. The molecule has 1 aromatic heterocycles. The minimum Gasteiger partial charge on any atom is -0.360 e. The van der Waals surface area contributed by atoms with Crippen molar-refractivity contribution in [1.82, 2.24) is 4.98 Å². The number of benzene rings is 2. The van der Waals surface area contributed by atoms with Crippen LogP contribution in [0.15, 0.2) is 42.6 Å². The van der Waals surface area contributed by atoms with E-state index in [2.05, 4.69) is 24.0 Å². The van der Waals surface area contributed by atoms with E-state index in [4.69, 9.17) is 0 Å². The zero-order valence-corrected chi connectivity index (χ0v) is 11.9. The predicted octanol–water partition coefficient (Wildman–Crippen LogP) is 4.32. The van der Waals surface area contributed by atoms with Crippen LogP contribution in [0.1, 0.15) is 32.6 Å². The summed E-state index contributed by atoms with van der Waals surface area (Å²) in [6.45, 7) is 6.06. The molecule has 0 unspecified atom stereocenters. The van der Waals surface area contributed by atoms with Crippen molar-refractivity contribution >= 4 is 16.7 Å². The maximum atomic E-state index is 12.9. The molecular weight excluding hydrogens is 246 g/mol. The van der Waals surface area contributed by atoms with Gasteiger partial charge in [-0.05, 0) is 38.0 Å². The molecule has 0 bridgehead atoms. The molecule has 0 aliphatic rings. The first kappa shape index (κ1) is 12.7. The average Bonchev–Trinajstić information content (AvgIpc) is 2.81. The molecule has 3 rings (SSSR count). The Morgan fingerprint density at radius 1 is 1.00 bits per heavy atom. The van der Waals surface area contributed by atoms with Crippen molar-refractivity contribution in [3.05, 3.63) is 70.4 Å². The molecule has 3 aromatic rings. The average molecular weight is 263 g/mol. The zero-order chi connectivity index (χ0) is 14.3. The fraction of sp³-hybridized carbons (Fsp3) is 0.167. The molecular formula is C18H17NO. The topological polar surface area (TPSA) is 32.9 Å². The SMILES string of the molecule is Cc1cc(C)c(C(=O)c2c[nH]c3ccccc23)c(C)c1. The Kier molecular flexibility index (Phi) is 2.94. The maximum Gasteiger partial charge on any atom is 0.195 e. The van der Waals surface area contributed by atoms with Gasteiger partial charge in [-0.25, -0.2) is 0 Å². The number of rotatable bonds is 2. The van der Waals surface area contributed by atoms with E-state index in [1.165, 1.54) is 5.56 Å². The van der Waals surface area contributed by atoms with Gasteiger partial charge in [0.05, 0.1) is 0 Å².